The number of nitrogens with zero attached hydrogens (tertiary/aromatic N) is 1. The van der Waals surface area contributed by atoms with Crippen molar-refractivity contribution >= 4 is 21.8 Å². The van der Waals surface area contributed by atoms with Gasteiger partial charge >= 0.3 is 0 Å². The van der Waals surface area contributed by atoms with Gasteiger partial charge in [-0.25, -0.2) is 4.39 Å². The number of hydrogen-bond donors (Lipinski definition) is 0. The van der Waals surface area contributed by atoms with Crippen LogP contribution in [0.5, 0.6) is 0 Å². The van der Waals surface area contributed by atoms with E-state index in [2.05, 4.69) is 15.9 Å². The van der Waals surface area contributed by atoms with Crippen LogP contribution in [0.2, 0.25) is 0 Å². The number of hydrogen-bond acceptors (Lipinski definition) is 1. The fraction of sp³-hybridized carbons (Fsp3) is 0.417. The number of likely N-dealkylation sites (N-methyl/N-ethyl adjacent to an activating group) is 1. The molecule has 0 bridgehead atoms. The predicted octanol–water partition coefficient (Wildman–Crippen LogP) is 2.61. The Kier molecular flexibility index (Phi) is 4.93. The quantitative estimate of drug-likeness (QED) is 0.780. The summed E-state index contributed by atoms with van der Waals surface area (Å²) in [7, 11) is 1.77. The molecule has 1 unspecified atom stereocenters. The number of carbonyl (C=O) groups excluding carboxylic acids is 1. The molecule has 0 spiro atoms. The Morgan fingerprint density at radius 3 is 2.50 bits per heavy atom. The van der Waals surface area contributed by atoms with Gasteiger partial charge < -0.3 is 4.90 Å². The Hall–Kier alpha value is -0.900. The molecule has 0 N–H and O–H groups in total. The van der Waals surface area contributed by atoms with E-state index in [0.29, 0.717) is 13.0 Å². The lowest BCUT2D eigenvalue weighted by Crippen LogP contribution is -2.32. The Labute approximate surface area is 104 Å². The normalized spacial score (nSPS) is 12.2. The van der Waals surface area contributed by atoms with Gasteiger partial charge in [0.15, 0.2) is 0 Å². The van der Waals surface area contributed by atoms with Crippen LogP contribution < -0.4 is 0 Å². The zero-order chi connectivity index (χ0) is 12.1. The van der Waals surface area contributed by atoms with Crippen molar-refractivity contribution in [1.29, 1.82) is 0 Å². The van der Waals surface area contributed by atoms with Crippen LogP contribution in [0.1, 0.15) is 12.5 Å². The fourth-order valence-electron chi connectivity index (χ4n) is 1.39. The van der Waals surface area contributed by atoms with Gasteiger partial charge in [-0.05, 0) is 17.7 Å². The van der Waals surface area contributed by atoms with Crippen LogP contribution in [0, 0.1) is 5.82 Å². The highest BCUT2D eigenvalue weighted by Gasteiger charge is 2.11. The van der Waals surface area contributed by atoms with Gasteiger partial charge in [0.1, 0.15) is 5.82 Å². The first-order valence-corrected chi connectivity index (χ1v) is 6.03. The van der Waals surface area contributed by atoms with Crippen molar-refractivity contribution in [2.24, 2.45) is 0 Å². The number of rotatable bonds is 4. The van der Waals surface area contributed by atoms with Crippen LogP contribution in [0.4, 0.5) is 4.39 Å². The molecule has 0 aromatic heterocycles. The van der Waals surface area contributed by atoms with Gasteiger partial charge in [0.05, 0.1) is 6.42 Å². The minimum atomic E-state index is -0.279. The third-order valence-corrected chi connectivity index (χ3v) is 2.51. The molecule has 4 heteroatoms. The molecular weight excluding hydrogens is 273 g/mol. The van der Waals surface area contributed by atoms with Gasteiger partial charge in [0.25, 0.3) is 0 Å². The summed E-state index contributed by atoms with van der Waals surface area (Å²) >= 11 is 3.39. The van der Waals surface area contributed by atoms with Crippen LogP contribution in [0.3, 0.4) is 0 Å². The van der Waals surface area contributed by atoms with Gasteiger partial charge in [-0.2, -0.15) is 0 Å². The maximum absolute atomic E-state index is 12.7. The third kappa shape index (κ3) is 4.31. The minimum absolute atomic E-state index is 0.0397. The van der Waals surface area contributed by atoms with Crippen LogP contribution in [-0.4, -0.2) is 29.2 Å². The molecule has 1 amide bonds. The predicted molar refractivity (Wildman–Crippen MR) is 66.1 cm³/mol. The van der Waals surface area contributed by atoms with E-state index in [9.17, 15) is 9.18 Å². The zero-order valence-electron chi connectivity index (χ0n) is 9.41. The highest BCUT2D eigenvalue weighted by Crippen LogP contribution is 2.06. The Morgan fingerprint density at radius 2 is 2.00 bits per heavy atom. The molecule has 0 radical (unpaired) electrons. The van der Waals surface area contributed by atoms with Gasteiger partial charge in [0.2, 0.25) is 5.91 Å². The first-order valence-electron chi connectivity index (χ1n) is 5.11. The molecule has 0 fully saturated rings. The van der Waals surface area contributed by atoms with Gasteiger partial charge in [-0.3, -0.25) is 4.79 Å². The van der Waals surface area contributed by atoms with Crippen LogP contribution in [-0.2, 0) is 11.2 Å². The average molecular weight is 288 g/mol. The lowest BCUT2D eigenvalue weighted by Gasteiger charge is -2.18. The molecule has 0 saturated carbocycles. The lowest BCUT2D eigenvalue weighted by atomic mass is 10.1. The summed E-state index contributed by atoms with van der Waals surface area (Å²) in [4.78, 5) is 13.7. The monoisotopic (exact) mass is 287 g/mol. The summed E-state index contributed by atoms with van der Waals surface area (Å²) in [5.74, 6) is -0.239. The summed E-state index contributed by atoms with van der Waals surface area (Å²) in [6.45, 7) is 2.65. The molecule has 16 heavy (non-hydrogen) atoms. The second-order valence-corrected chi connectivity index (χ2v) is 5.42. The first kappa shape index (κ1) is 13.2. The van der Waals surface area contributed by atoms with Crippen molar-refractivity contribution in [3.63, 3.8) is 0 Å². The van der Waals surface area contributed by atoms with Crippen molar-refractivity contribution < 1.29 is 9.18 Å². The largest absolute Gasteiger partial charge is 0.344 e. The molecule has 1 rings (SSSR count). The van der Waals surface area contributed by atoms with Crippen molar-refractivity contribution in [3.8, 4) is 0 Å². The van der Waals surface area contributed by atoms with Crippen molar-refractivity contribution in [3.05, 3.63) is 35.6 Å². The summed E-state index contributed by atoms with van der Waals surface area (Å²) in [6.07, 6.45) is 0.316. The highest BCUT2D eigenvalue weighted by atomic mass is 79.9. The number of carbonyl (C=O) groups is 1. The van der Waals surface area contributed by atoms with Crippen LogP contribution in [0.15, 0.2) is 24.3 Å². The molecule has 1 aromatic rings. The maximum Gasteiger partial charge on any atom is 0.226 e. The minimum Gasteiger partial charge on any atom is -0.344 e. The van der Waals surface area contributed by atoms with E-state index in [4.69, 9.17) is 0 Å². The summed E-state index contributed by atoms with van der Waals surface area (Å²) in [6, 6.07) is 6.02. The molecule has 1 atom stereocenters. The molecule has 2 nitrogen and oxygen atoms in total. The molecular formula is C12H15BrFNO. The van der Waals surface area contributed by atoms with E-state index in [0.717, 1.165) is 5.56 Å². The maximum atomic E-state index is 12.7. The Balaban J connectivity index is 2.54. The SMILES string of the molecule is CC(Br)CN(C)C(=O)Cc1ccc(F)cc1. The molecule has 0 aliphatic heterocycles. The van der Waals surface area contributed by atoms with Crippen molar-refractivity contribution in [1.82, 2.24) is 4.90 Å². The van der Waals surface area contributed by atoms with E-state index >= 15 is 0 Å². The zero-order valence-corrected chi connectivity index (χ0v) is 11.0. The van der Waals surface area contributed by atoms with Crippen molar-refractivity contribution in [2.45, 2.75) is 18.2 Å². The molecule has 0 aliphatic carbocycles. The van der Waals surface area contributed by atoms with E-state index < -0.39 is 0 Å². The first-order chi connectivity index (χ1) is 7.49. The van der Waals surface area contributed by atoms with Gasteiger partial charge in [0, 0.05) is 18.4 Å². The molecule has 0 saturated heterocycles. The van der Waals surface area contributed by atoms with Crippen LogP contribution >= 0.6 is 15.9 Å². The summed E-state index contributed by atoms with van der Waals surface area (Å²) < 4.78 is 12.7. The molecule has 88 valence electrons. The third-order valence-electron chi connectivity index (χ3n) is 2.22. The summed E-state index contributed by atoms with van der Waals surface area (Å²) in [5.41, 5.74) is 0.834. The number of amides is 1. The van der Waals surface area contributed by atoms with E-state index in [1.54, 1.807) is 24.1 Å². The summed E-state index contributed by atoms with van der Waals surface area (Å²) in [5, 5.41) is 0. The standard InChI is InChI=1S/C12H15BrFNO/c1-9(13)8-15(2)12(16)7-10-3-5-11(14)6-4-10/h3-6,9H,7-8H2,1-2H3. The molecule has 0 heterocycles. The smallest absolute Gasteiger partial charge is 0.226 e. The highest BCUT2D eigenvalue weighted by molar-refractivity contribution is 9.09. The van der Waals surface area contributed by atoms with Crippen molar-refractivity contribution in [2.75, 3.05) is 13.6 Å². The number of halogens is 2. The number of benzene rings is 1. The molecule has 1 aromatic carbocycles. The molecule has 0 aliphatic rings. The second kappa shape index (κ2) is 5.99. The topological polar surface area (TPSA) is 20.3 Å². The average Bonchev–Trinajstić information content (AvgIpc) is 2.20. The number of alkyl halides is 1. The Morgan fingerprint density at radius 1 is 1.44 bits per heavy atom. The van der Waals surface area contributed by atoms with E-state index in [1.165, 1.54) is 12.1 Å². The van der Waals surface area contributed by atoms with Crippen LogP contribution in [0.25, 0.3) is 0 Å². The fourth-order valence-corrected chi connectivity index (χ4v) is 1.83. The van der Waals surface area contributed by atoms with Gasteiger partial charge in [-0.15, -0.1) is 0 Å². The van der Waals surface area contributed by atoms with E-state index in [-0.39, 0.29) is 16.6 Å². The lowest BCUT2D eigenvalue weighted by molar-refractivity contribution is -0.129. The second-order valence-electron chi connectivity index (χ2n) is 3.86. The Bertz CT molecular complexity index is 351. The van der Waals surface area contributed by atoms with E-state index in [1.807, 2.05) is 6.92 Å². The van der Waals surface area contributed by atoms with Gasteiger partial charge in [-0.1, -0.05) is 35.0 Å².